The average Bonchev–Trinajstić information content (AvgIpc) is 2.96. The summed E-state index contributed by atoms with van der Waals surface area (Å²) in [5, 5.41) is 0. The number of esters is 1. The van der Waals surface area contributed by atoms with Crippen molar-refractivity contribution in [2.24, 2.45) is 5.92 Å². The van der Waals surface area contributed by atoms with Crippen LogP contribution in [0.15, 0.2) is 42.7 Å². The van der Waals surface area contributed by atoms with Crippen molar-refractivity contribution in [3.63, 3.8) is 0 Å². The van der Waals surface area contributed by atoms with Crippen molar-refractivity contribution in [2.75, 3.05) is 0 Å². The van der Waals surface area contributed by atoms with Crippen LogP contribution in [0.5, 0.6) is 6.01 Å². The lowest BCUT2D eigenvalue weighted by Crippen LogP contribution is -2.42. The van der Waals surface area contributed by atoms with Crippen LogP contribution in [0.3, 0.4) is 0 Å². The Balaban J connectivity index is 1.63. The molecule has 1 saturated carbocycles. The van der Waals surface area contributed by atoms with Gasteiger partial charge in [0.05, 0.1) is 5.41 Å². The summed E-state index contributed by atoms with van der Waals surface area (Å²) in [5.41, 5.74) is 1.63. The van der Waals surface area contributed by atoms with Crippen LogP contribution in [0.4, 0.5) is 0 Å². The van der Waals surface area contributed by atoms with Crippen molar-refractivity contribution < 1.29 is 9.53 Å². The number of rotatable bonds is 17. The second kappa shape index (κ2) is 16.7. The Kier molecular flexibility index (Phi) is 13.3. The van der Waals surface area contributed by atoms with Crippen LogP contribution in [0.25, 0.3) is 0 Å². The minimum Gasteiger partial charge on any atom is -0.390 e. The molecule has 4 nitrogen and oxygen atoms in total. The van der Waals surface area contributed by atoms with E-state index in [0.29, 0.717) is 11.8 Å². The van der Waals surface area contributed by atoms with Crippen LogP contribution in [-0.4, -0.2) is 15.9 Å². The molecule has 0 spiro atoms. The molecule has 1 unspecified atom stereocenters. The summed E-state index contributed by atoms with van der Waals surface area (Å²) in [6.07, 6.45) is 24.1. The zero-order valence-corrected chi connectivity index (χ0v) is 24.4. The number of hydrogen-bond acceptors (Lipinski definition) is 4. The minimum atomic E-state index is -0.604. The molecule has 1 aromatic carbocycles. The number of aromatic nitrogens is 2. The molecule has 0 bridgehead atoms. The standard InChI is InChI=1S/C34H52N2O2/c1-4-7-9-10-11-14-19-29(17-6-3)30-26-35-33(36-27-30)38-32(37)34(31-20-15-12-16-21-31)24-22-28(23-25-34)18-13-8-5-2/h12,15-16,20-21,26-29H,4-11,13-14,17-19,22-25H2,1-3H3. The van der Waals surface area contributed by atoms with E-state index in [9.17, 15) is 4.79 Å². The van der Waals surface area contributed by atoms with Crippen LogP contribution in [-0.2, 0) is 10.2 Å². The van der Waals surface area contributed by atoms with Crippen LogP contribution in [0, 0.1) is 5.92 Å². The topological polar surface area (TPSA) is 52.1 Å². The van der Waals surface area contributed by atoms with Crippen LogP contribution < -0.4 is 4.74 Å². The predicted molar refractivity (Wildman–Crippen MR) is 158 cm³/mol. The fraction of sp³-hybridized carbons (Fsp3) is 0.676. The molecule has 1 heterocycles. The lowest BCUT2D eigenvalue weighted by Gasteiger charge is -2.38. The van der Waals surface area contributed by atoms with Crippen LogP contribution in [0.1, 0.15) is 147 Å². The molecule has 3 rings (SSSR count). The number of ether oxygens (including phenoxy) is 1. The third-order valence-electron chi connectivity index (χ3n) is 8.74. The summed E-state index contributed by atoms with van der Waals surface area (Å²) >= 11 is 0. The number of nitrogens with zero attached hydrogens (tertiary/aromatic N) is 2. The average molecular weight is 521 g/mol. The number of benzene rings is 1. The molecule has 1 atom stereocenters. The molecule has 0 aliphatic heterocycles. The molecule has 2 aromatic rings. The van der Waals surface area contributed by atoms with E-state index < -0.39 is 5.41 Å². The second-order valence-corrected chi connectivity index (χ2v) is 11.6. The minimum absolute atomic E-state index is 0.189. The number of carbonyl (C=O) groups excluding carboxylic acids is 1. The maximum absolute atomic E-state index is 13.7. The Morgan fingerprint density at radius 3 is 2.13 bits per heavy atom. The number of unbranched alkanes of at least 4 members (excludes halogenated alkanes) is 7. The molecule has 38 heavy (non-hydrogen) atoms. The quantitative estimate of drug-likeness (QED) is 0.154. The highest BCUT2D eigenvalue weighted by Gasteiger charge is 2.45. The van der Waals surface area contributed by atoms with E-state index in [0.717, 1.165) is 44.1 Å². The van der Waals surface area contributed by atoms with E-state index in [1.54, 1.807) is 0 Å². The smallest absolute Gasteiger partial charge is 0.324 e. The van der Waals surface area contributed by atoms with Gasteiger partial charge in [0.15, 0.2) is 0 Å². The molecule has 0 N–H and O–H groups in total. The summed E-state index contributed by atoms with van der Waals surface area (Å²) in [5.74, 6) is 0.999. The first-order valence-corrected chi connectivity index (χ1v) is 15.7. The van der Waals surface area contributed by atoms with E-state index >= 15 is 0 Å². The summed E-state index contributed by atoms with van der Waals surface area (Å²) in [7, 11) is 0. The van der Waals surface area contributed by atoms with Gasteiger partial charge >= 0.3 is 12.0 Å². The first kappa shape index (κ1) is 30.3. The van der Waals surface area contributed by atoms with Crippen molar-refractivity contribution in [2.45, 2.75) is 141 Å². The Hall–Kier alpha value is -2.23. The molecule has 1 aliphatic rings. The Bertz CT molecular complexity index is 904. The van der Waals surface area contributed by atoms with Gasteiger partial charge in [0.1, 0.15) is 0 Å². The molecule has 1 fully saturated rings. The first-order chi connectivity index (χ1) is 18.6. The number of hydrogen-bond donors (Lipinski definition) is 0. The van der Waals surface area contributed by atoms with Crippen LogP contribution >= 0.6 is 0 Å². The maximum Gasteiger partial charge on any atom is 0.324 e. The van der Waals surface area contributed by atoms with Crippen molar-refractivity contribution >= 4 is 5.97 Å². The maximum atomic E-state index is 13.7. The zero-order valence-electron chi connectivity index (χ0n) is 24.4. The summed E-state index contributed by atoms with van der Waals surface area (Å²) in [4.78, 5) is 22.8. The van der Waals surface area contributed by atoms with Gasteiger partial charge in [0.2, 0.25) is 0 Å². The molecule has 0 radical (unpaired) electrons. The molecule has 1 aliphatic carbocycles. The fourth-order valence-corrected chi connectivity index (χ4v) is 6.28. The fourth-order valence-electron chi connectivity index (χ4n) is 6.28. The van der Waals surface area contributed by atoms with Gasteiger partial charge in [0.25, 0.3) is 0 Å². The molecular formula is C34H52N2O2. The molecule has 1 aromatic heterocycles. The van der Waals surface area contributed by atoms with E-state index in [2.05, 4.69) is 42.9 Å². The molecule has 0 amide bonds. The Labute approximate surface area is 232 Å². The van der Waals surface area contributed by atoms with Gasteiger partial charge in [-0.3, -0.25) is 4.79 Å². The second-order valence-electron chi connectivity index (χ2n) is 11.6. The highest BCUT2D eigenvalue weighted by molar-refractivity contribution is 5.84. The summed E-state index contributed by atoms with van der Waals surface area (Å²) in [6.45, 7) is 6.76. The van der Waals surface area contributed by atoms with Gasteiger partial charge in [-0.15, -0.1) is 0 Å². The van der Waals surface area contributed by atoms with Gasteiger partial charge in [-0.25, -0.2) is 9.97 Å². The lowest BCUT2D eigenvalue weighted by atomic mass is 9.66. The van der Waals surface area contributed by atoms with Gasteiger partial charge in [-0.2, -0.15) is 0 Å². The summed E-state index contributed by atoms with van der Waals surface area (Å²) in [6, 6.07) is 10.4. The first-order valence-electron chi connectivity index (χ1n) is 15.7. The zero-order chi connectivity index (χ0) is 27.1. The van der Waals surface area contributed by atoms with E-state index in [-0.39, 0.29) is 12.0 Å². The largest absolute Gasteiger partial charge is 0.390 e. The van der Waals surface area contributed by atoms with Crippen molar-refractivity contribution in [3.05, 3.63) is 53.9 Å². The lowest BCUT2D eigenvalue weighted by molar-refractivity contribution is -0.143. The normalized spacial score (nSPS) is 20.2. The Morgan fingerprint density at radius 1 is 0.842 bits per heavy atom. The van der Waals surface area contributed by atoms with Gasteiger partial charge in [-0.05, 0) is 61.5 Å². The number of carbonyl (C=O) groups is 1. The van der Waals surface area contributed by atoms with Crippen LogP contribution in [0.2, 0.25) is 0 Å². The predicted octanol–water partition coefficient (Wildman–Crippen LogP) is 9.72. The SMILES string of the molecule is CCCCCCCCC(CCC)c1cnc(OC(=O)C2(c3ccccc3)CCC(CCCCC)CC2)nc1. The molecule has 210 valence electrons. The van der Waals surface area contributed by atoms with Crippen molar-refractivity contribution in [1.82, 2.24) is 9.97 Å². The van der Waals surface area contributed by atoms with Gasteiger partial charge in [-0.1, -0.05) is 122 Å². The third-order valence-corrected chi connectivity index (χ3v) is 8.74. The molecular weight excluding hydrogens is 468 g/mol. The highest BCUT2D eigenvalue weighted by Crippen LogP contribution is 2.44. The third kappa shape index (κ3) is 8.92. The van der Waals surface area contributed by atoms with Crippen molar-refractivity contribution in [1.29, 1.82) is 0 Å². The van der Waals surface area contributed by atoms with Crippen molar-refractivity contribution in [3.8, 4) is 6.01 Å². The highest BCUT2D eigenvalue weighted by atomic mass is 16.5. The van der Waals surface area contributed by atoms with E-state index in [1.807, 2.05) is 30.6 Å². The van der Waals surface area contributed by atoms with Gasteiger partial charge < -0.3 is 4.74 Å². The molecule has 4 heteroatoms. The molecule has 0 saturated heterocycles. The monoisotopic (exact) mass is 520 g/mol. The van der Waals surface area contributed by atoms with E-state index in [4.69, 9.17) is 4.74 Å². The summed E-state index contributed by atoms with van der Waals surface area (Å²) < 4.78 is 5.92. The Morgan fingerprint density at radius 2 is 1.47 bits per heavy atom. The van der Waals surface area contributed by atoms with E-state index in [1.165, 1.54) is 76.2 Å². The van der Waals surface area contributed by atoms with Gasteiger partial charge in [0, 0.05) is 12.4 Å².